The van der Waals surface area contributed by atoms with Gasteiger partial charge in [-0.3, -0.25) is 23.4 Å². The zero-order chi connectivity index (χ0) is 35.8. The number of carbonyl (C=O) groups excluding carboxylic acids is 3. The number of aliphatic hydroxyl groups excluding tert-OH is 2. The SMILES string of the molecule is O=C(CCCCCCC(=O)OC1Cc2ccccc2C#Cc2ccccc21)CCCCCCC(=O)C1C[C@H](O)CC1COP(=O)(O)OCCO. The minimum Gasteiger partial charge on any atom is -0.457 e. The first-order valence-electron chi connectivity index (χ1n) is 18.0. The molecule has 0 spiro atoms. The van der Waals surface area contributed by atoms with Crippen LogP contribution in [-0.2, 0) is 39.2 Å². The highest BCUT2D eigenvalue weighted by molar-refractivity contribution is 7.47. The number of esters is 1. The monoisotopic (exact) mass is 710 g/mol. The third-order valence-corrected chi connectivity index (χ3v) is 10.4. The summed E-state index contributed by atoms with van der Waals surface area (Å²) < 4.78 is 27.5. The number of carbonyl (C=O) groups is 3. The number of ketones is 2. The molecular weight excluding hydrogens is 659 g/mol. The largest absolute Gasteiger partial charge is 0.472 e. The number of Topliss-reactive ketones (excluding diaryl/α,β-unsaturated/α-hetero) is 2. The molecule has 1 fully saturated rings. The molecule has 1 saturated carbocycles. The average molecular weight is 711 g/mol. The molecular formula is C39H51O10P. The lowest BCUT2D eigenvalue weighted by atomic mass is 9.90. The van der Waals surface area contributed by atoms with Crippen LogP contribution >= 0.6 is 7.82 Å². The van der Waals surface area contributed by atoms with E-state index < -0.39 is 26.5 Å². The number of benzene rings is 2. The molecule has 0 bridgehead atoms. The number of phosphoric acid groups is 1. The molecule has 0 amide bonds. The Morgan fingerprint density at radius 1 is 0.780 bits per heavy atom. The molecule has 2 aliphatic carbocycles. The summed E-state index contributed by atoms with van der Waals surface area (Å²) in [7, 11) is -4.32. The van der Waals surface area contributed by atoms with Gasteiger partial charge in [0.1, 0.15) is 17.7 Å². The Labute approximate surface area is 295 Å². The quantitative estimate of drug-likeness (QED) is 0.0529. The highest BCUT2D eigenvalue weighted by Gasteiger charge is 2.39. The highest BCUT2D eigenvalue weighted by Crippen LogP contribution is 2.45. The Balaban J connectivity index is 1.04. The van der Waals surface area contributed by atoms with Crippen LogP contribution in [0.5, 0.6) is 0 Å². The minimum atomic E-state index is -4.32. The second kappa shape index (κ2) is 20.6. The summed E-state index contributed by atoms with van der Waals surface area (Å²) in [6.07, 6.45) is 8.25. The van der Waals surface area contributed by atoms with Crippen molar-refractivity contribution in [2.45, 2.75) is 109 Å². The van der Waals surface area contributed by atoms with Gasteiger partial charge in [-0.1, -0.05) is 73.9 Å². The third kappa shape index (κ3) is 13.2. The molecule has 0 heterocycles. The normalized spacial score (nSPS) is 20.7. The highest BCUT2D eigenvalue weighted by atomic mass is 31.2. The lowest BCUT2D eigenvalue weighted by Gasteiger charge is -2.22. The molecule has 4 rings (SSSR count). The Bertz CT molecular complexity index is 1530. The van der Waals surface area contributed by atoms with Crippen molar-refractivity contribution < 1.29 is 47.8 Å². The lowest BCUT2D eigenvalue weighted by molar-refractivity contribution is -0.149. The molecule has 11 heteroatoms. The fraction of sp³-hybridized carbons (Fsp3) is 0.564. The van der Waals surface area contributed by atoms with E-state index in [0.29, 0.717) is 57.8 Å². The van der Waals surface area contributed by atoms with Gasteiger partial charge in [-0.15, -0.1) is 0 Å². The summed E-state index contributed by atoms with van der Waals surface area (Å²) in [5.74, 6) is 5.70. The molecule has 0 aromatic heterocycles. The van der Waals surface area contributed by atoms with Gasteiger partial charge in [0.05, 0.1) is 25.9 Å². The molecule has 272 valence electrons. The Kier molecular flexibility index (Phi) is 16.3. The number of fused-ring (bicyclic) bond motifs is 2. The minimum absolute atomic E-state index is 0.00865. The van der Waals surface area contributed by atoms with Crippen LogP contribution in [0.4, 0.5) is 0 Å². The van der Waals surface area contributed by atoms with Gasteiger partial charge in [-0.05, 0) is 62.1 Å². The van der Waals surface area contributed by atoms with Gasteiger partial charge in [0.15, 0.2) is 0 Å². The number of unbranched alkanes of at least 4 members (excludes halogenated alkanes) is 6. The van der Waals surface area contributed by atoms with Gasteiger partial charge in [0.2, 0.25) is 0 Å². The fourth-order valence-corrected chi connectivity index (χ4v) is 7.53. The summed E-state index contributed by atoms with van der Waals surface area (Å²) in [6.45, 7) is -0.930. The smallest absolute Gasteiger partial charge is 0.457 e. The van der Waals surface area contributed by atoms with Gasteiger partial charge in [-0.25, -0.2) is 4.57 Å². The van der Waals surface area contributed by atoms with E-state index in [9.17, 15) is 28.9 Å². The Morgan fingerprint density at radius 2 is 1.40 bits per heavy atom. The molecule has 2 aromatic rings. The maximum atomic E-state index is 12.8. The zero-order valence-electron chi connectivity index (χ0n) is 28.8. The molecule has 10 nitrogen and oxygen atoms in total. The van der Waals surface area contributed by atoms with E-state index in [1.54, 1.807) is 0 Å². The first-order valence-corrected chi connectivity index (χ1v) is 19.5. The first-order chi connectivity index (χ1) is 24.1. The van der Waals surface area contributed by atoms with Crippen LogP contribution in [0.2, 0.25) is 0 Å². The summed E-state index contributed by atoms with van der Waals surface area (Å²) in [6, 6.07) is 15.8. The number of aliphatic hydroxyl groups is 2. The van der Waals surface area contributed by atoms with E-state index in [1.165, 1.54) is 0 Å². The molecule has 0 radical (unpaired) electrons. The maximum absolute atomic E-state index is 12.8. The van der Waals surface area contributed by atoms with Crippen LogP contribution in [0.15, 0.2) is 48.5 Å². The molecule has 0 aliphatic heterocycles. The fourth-order valence-electron chi connectivity index (χ4n) is 6.77. The molecule has 3 N–H and O–H groups in total. The topological polar surface area (TPSA) is 157 Å². The van der Waals surface area contributed by atoms with Crippen molar-refractivity contribution in [3.05, 3.63) is 70.8 Å². The van der Waals surface area contributed by atoms with Crippen molar-refractivity contribution >= 4 is 25.4 Å². The van der Waals surface area contributed by atoms with Gasteiger partial charge >= 0.3 is 13.8 Å². The van der Waals surface area contributed by atoms with Crippen LogP contribution in [0.3, 0.4) is 0 Å². The average Bonchev–Trinajstić information content (AvgIpc) is 3.48. The van der Waals surface area contributed by atoms with Crippen LogP contribution < -0.4 is 0 Å². The van der Waals surface area contributed by atoms with Gasteiger partial charge in [0, 0.05) is 54.7 Å². The summed E-state index contributed by atoms with van der Waals surface area (Å²) in [5, 5.41) is 18.8. The van der Waals surface area contributed by atoms with Crippen molar-refractivity contribution in [3.63, 3.8) is 0 Å². The van der Waals surface area contributed by atoms with E-state index in [2.05, 4.69) is 16.4 Å². The second-order valence-corrected chi connectivity index (χ2v) is 14.8. The van der Waals surface area contributed by atoms with E-state index in [4.69, 9.17) is 14.4 Å². The number of ether oxygens (including phenoxy) is 1. The van der Waals surface area contributed by atoms with Crippen molar-refractivity contribution in [1.82, 2.24) is 0 Å². The van der Waals surface area contributed by atoms with Gasteiger partial charge in [0.25, 0.3) is 0 Å². The van der Waals surface area contributed by atoms with Crippen molar-refractivity contribution in [3.8, 4) is 11.8 Å². The number of rotatable bonds is 22. The summed E-state index contributed by atoms with van der Waals surface area (Å²) in [4.78, 5) is 47.7. The molecule has 5 atom stereocenters. The molecule has 2 aliphatic rings. The van der Waals surface area contributed by atoms with E-state index in [0.717, 1.165) is 60.8 Å². The molecule has 0 saturated heterocycles. The number of hydrogen-bond acceptors (Lipinski definition) is 9. The standard InChI is InChI=1S/C39H51O10P/c40-23-24-47-50(45,46)48-28-32-25-34(42)27-36(32)37(43)19-7-3-1-5-16-33(41)17-6-2-4-8-20-39(44)49-38-26-31-15-10-9-13-29(31)21-22-30-14-11-12-18-35(30)38/h9-15,18,32,34,36,38,40,42H,1-8,16-17,19-20,23-28H2,(H,45,46)/t32?,34-,36?,38?/m1/s1. The summed E-state index contributed by atoms with van der Waals surface area (Å²) >= 11 is 0. The van der Waals surface area contributed by atoms with Gasteiger partial charge < -0.3 is 19.8 Å². The van der Waals surface area contributed by atoms with E-state index in [-0.39, 0.29) is 42.8 Å². The van der Waals surface area contributed by atoms with Crippen molar-refractivity contribution in [2.75, 3.05) is 19.8 Å². The van der Waals surface area contributed by atoms with Crippen LogP contribution in [-0.4, -0.2) is 58.6 Å². The molecule has 50 heavy (non-hydrogen) atoms. The molecule has 2 aromatic carbocycles. The van der Waals surface area contributed by atoms with Crippen LogP contribution in [0.25, 0.3) is 0 Å². The van der Waals surface area contributed by atoms with Gasteiger partial charge in [-0.2, -0.15) is 0 Å². The molecule has 4 unspecified atom stereocenters. The van der Waals surface area contributed by atoms with E-state index in [1.807, 2.05) is 48.5 Å². The Morgan fingerprint density at radius 3 is 2.12 bits per heavy atom. The number of phosphoric ester groups is 1. The Hall–Kier alpha value is -3.16. The second-order valence-electron chi connectivity index (χ2n) is 13.3. The zero-order valence-corrected chi connectivity index (χ0v) is 29.7. The van der Waals surface area contributed by atoms with Crippen molar-refractivity contribution in [2.24, 2.45) is 11.8 Å². The predicted octanol–water partition coefficient (Wildman–Crippen LogP) is 6.56. The summed E-state index contributed by atoms with van der Waals surface area (Å²) in [5.41, 5.74) is 3.83. The van der Waals surface area contributed by atoms with Crippen LogP contribution in [0, 0.1) is 23.7 Å². The first kappa shape index (κ1) is 39.6. The maximum Gasteiger partial charge on any atom is 0.472 e. The third-order valence-electron chi connectivity index (χ3n) is 9.43. The number of hydrogen-bond donors (Lipinski definition) is 3. The van der Waals surface area contributed by atoms with Crippen LogP contribution in [0.1, 0.15) is 118 Å². The predicted molar refractivity (Wildman–Crippen MR) is 188 cm³/mol. The lowest BCUT2D eigenvalue weighted by Crippen LogP contribution is -2.22. The van der Waals surface area contributed by atoms with Crippen molar-refractivity contribution in [1.29, 1.82) is 0 Å². The van der Waals surface area contributed by atoms with E-state index >= 15 is 0 Å².